The molecule has 0 saturated heterocycles. The van der Waals surface area contributed by atoms with Crippen LogP contribution in [0.3, 0.4) is 0 Å². The third kappa shape index (κ3) is 2.48. The monoisotopic (exact) mass is 272 g/mol. The molecule has 0 aliphatic heterocycles. The molecule has 2 aromatic heterocycles. The van der Waals surface area contributed by atoms with E-state index in [4.69, 9.17) is 4.74 Å². The van der Waals surface area contributed by atoms with Gasteiger partial charge < -0.3 is 10.1 Å². The predicted molar refractivity (Wildman–Crippen MR) is 75.5 cm³/mol. The van der Waals surface area contributed by atoms with E-state index in [0.29, 0.717) is 6.61 Å². The highest BCUT2D eigenvalue weighted by Crippen LogP contribution is 2.22. The van der Waals surface area contributed by atoms with Crippen LogP contribution in [0.5, 0.6) is 5.75 Å². The van der Waals surface area contributed by atoms with Gasteiger partial charge in [0, 0.05) is 36.2 Å². The van der Waals surface area contributed by atoms with Crippen LogP contribution in [0.15, 0.2) is 36.5 Å². The number of hydrogen-bond acceptors (Lipinski definition) is 6. The third-order valence-electron chi connectivity index (χ3n) is 2.74. The van der Waals surface area contributed by atoms with Gasteiger partial charge in [-0.1, -0.05) is 10.6 Å². The summed E-state index contributed by atoms with van der Waals surface area (Å²) >= 11 is 1.32. The molecule has 6 heteroatoms. The molecule has 0 fully saturated rings. The Kier molecular flexibility index (Phi) is 3.24. The lowest BCUT2D eigenvalue weighted by Gasteiger charge is -2.06. The van der Waals surface area contributed by atoms with Gasteiger partial charge in [-0.2, -0.15) is 0 Å². The topological polar surface area (TPSA) is 59.9 Å². The van der Waals surface area contributed by atoms with Gasteiger partial charge in [0.1, 0.15) is 23.1 Å². The maximum atomic E-state index is 5.73. The first-order valence-corrected chi connectivity index (χ1v) is 6.61. The second kappa shape index (κ2) is 5.19. The number of hydrogen-bond donors (Lipinski definition) is 1. The first-order valence-electron chi connectivity index (χ1n) is 5.83. The van der Waals surface area contributed by atoms with Crippen molar-refractivity contribution in [2.75, 3.05) is 12.4 Å². The van der Waals surface area contributed by atoms with Crippen molar-refractivity contribution in [1.29, 1.82) is 0 Å². The molecular formula is C13H12N4OS. The Morgan fingerprint density at radius 2 is 2.26 bits per heavy atom. The Hall–Kier alpha value is -2.21. The van der Waals surface area contributed by atoms with E-state index in [0.717, 1.165) is 27.3 Å². The summed E-state index contributed by atoms with van der Waals surface area (Å²) in [4.78, 5) is 4.30. The van der Waals surface area contributed by atoms with Gasteiger partial charge in [0.2, 0.25) is 0 Å². The first-order chi connectivity index (χ1) is 9.36. The molecule has 0 amide bonds. The molecule has 0 radical (unpaired) electrons. The maximum absolute atomic E-state index is 5.73. The molecule has 3 rings (SSSR count). The number of benzene rings is 1. The molecule has 0 atom stereocenters. The zero-order valence-electron chi connectivity index (χ0n) is 10.3. The zero-order chi connectivity index (χ0) is 13.1. The quantitative estimate of drug-likeness (QED) is 0.791. The van der Waals surface area contributed by atoms with E-state index >= 15 is 0 Å². The molecule has 5 nitrogen and oxygen atoms in total. The minimum Gasteiger partial charge on any atom is -0.487 e. The van der Waals surface area contributed by atoms with E-state index in [-0.39, 0.29) is 0 Å². The number of nitrogens with zero attached hydrogens (tertiary/aromatic N) is 3. The van der Waals surface area contributed by atoms with Gasteiger partial charge in [-0.05, 0) is 18.2 Å². The van der Waals surface area contributed by atoms with E-state index in [9.17, 15) is 0 Å². The van der Waals surface area contributed by atoms with Gasteiger partial charge in [0.15, 0.2) is 0 Å². The van der Waals surface area contributed by atoms with Crippen LogP contribution in [0.1, 0.15) is 5.69 Å². The summed E-state index contributed by atoms with van der Waals surface area (Å²) in [6.45, 7) is 0.394. The zero-order valence-corrected chi connectivity index (χ0v) is 11.1. The van der Waals surface area contributed by atoms with Gasteiger partial charge in [0.05, 0.1) is 5.52 Å². The highest BCUT2D eigenvalue weighted by atomic mass is 32.1. The number of rotatable bonds is 4. The molecule has 0 saturated carbocycles. The van der Waals surface area contributed by atoms with Gasteiger partial charge in [-0.3, -0.25) is 4.98 Å². The molecule has 0 bridgehead atoms. The average Bonchev–Trinajstić information content (AvgIpc) is 2.92. The second-order valence-corrected chi connectivity index (χ2v) is 4.70. The summed E-state index contributed by atoms with van der Waals surface area (Å²) in [5.74, 6) is 0.779. The van der Waals surface area contributed by atoms with Crippen LogP contribution in [0.25, 0.3) is 10.9 Å². The van der Waals surface area contributed by atoms with E-state index in [1.54, 1.807) is 6.20 Å². The summed E-state index contributed by atoms with van der Waals surface area (Å²) in [7, 11) is 1.85. The number of nitrogens with one attached hydrogen (secondary N) is 1. The van der Waals surface area contributed by atoms with Crippen LogP contribution in [0.2, 0.25) is 0 Å². The van der Waals surface area contributed by atoms with E-state index < -0.39 is 0 Å². The average molecular weight is 272 g/mol. The van der Waals surface area contributed by atoms with Crippen molar-refractivity contribution in [2.45, 2.75) is 6.61 Å². The Labute approximate surface area is 114 Å². The van der Waals surface area contributed by atoms with Gasteiger partial charge in [-0.25, -0.2) is 0 Å². The Balaban J connectivity index is 1.78. The first kappa shape index (κ1) is 11.9. The minimum atomic E-state index is 0.394. The van der Waals surface area contributed by atoms with Crippen molar-refractivity contribution < 1.29 is 4.74 Å². The van der Waals surface area contributed by atoms with Crippen LogP contribution in [0.4, 0.5) is 5.00 Å². The minimum absolute atomic E-state index is 0.394. The molecule has 1 aromatic carbocycles. The molecule has 3 aromatic rings. The number of ether oxygens (including phenoxy) is 1. The maximum Gasteiger partial charge on any atom is 0.136 e. The van der Waals surface area contributed by atoms with Crippen LogP contribution >= 0.6 is 11.5 Å². The van der Waals surface area contributed by atoms with Crippen LogP contribution in [-0.2, 0) is 6.61 Å². The van der Waals surface area contributed by atoms with Crippen molar-refractivity contribution in [2.24, 2.45) is 0 Å². The molecule has 2 heterocycles. The summed E-state index contributed by atoms with van der Waals surface area (Å²) in [5, 5.41) is 9.10. The fourth-order valence-electron chi connectivity index (χ4n) is 1.78. The summed E-state index contributed by atoms with van der Waals surface area (Å²) < 4.78 is 9.62. The lowest BCUT2D eigenvalue weighted by atomic mass is 10.2. The predicted octanol–water partition coefficient (Wildman–Crippen LogP) is 2.71. The van der Waals surface area contributed by atoms with Gasteiger partial charge in [-0.15, -0.1) is 5.10 Å². The van der Waals surface area contributed by atoms with Crippen LogP contribution in [0, 0.1) is 0 Å². The number of fused-ring (bicyclic) bond motifs is 1. The van der Waals surface area contributed by atoms with Gasteiger partial charge >= 0.3 is 0 Å². The highest BCUT2D eigenvalue weighted by molar-refractivity contribution is 7.10. The lowest BCUT2D eigenvalue weighted by molar-refractivity contribution is 0.302. The van der Waals surface area contributed by atoms with E-state index in [1.165, 1.54) is 11.5 Å². The van der Waals surface area contributed by atoms with Crippen molar-refractivity contribution >= 4 is 27.4 Å². The largest absolute Gasteiger partial charge is 0.487 e. The Morgan fingerprint density at radius 3 is 3.16 bits per heavy atom. The fourth-order valence-corrected chi connectivity index (χ4v) is 2.30. The number of pyridine rings is 1. The molecule has 0 aliphatic carbocycles. The summed E-state index contributed by atoms with van der Waals surface area (Å²) in [5.41, 5.74) is 1.74. The van der Waals surface area contributed by atoms with Crippen LogP contribution in [-0.4, -0.2) is 21.6 Å². The Morgan fingerprint density at radius 1 is 1.32 bits per heavy atom. The van der Waals surface area contributed by atoms with Crippen molar-refractivity contribution in [1.82, 2.24) is 14.6 Å². The highest BCUT2D eigenvalue weighted by Gasteiger charge is 2.07. The molecule has 0 aliphatic rings. The number of aromatic nitrogens is 3. The normalized spacial score (nSPS) is 10.6. The smallest absolute Gasteiger partial charge is 0.136 e. The SMILES string of the molecule is CNc1snnc1COc1ccc2cccnc2c1. The molecule has 1 N–H and O–H groups in total. The second-order valence-electron chi connectivity index (χ2n) is 3.95. The van der Waals surface area contributed by atoms with Crippen LogP contribution < -0.4 is 10.1 Å². The molecule has 0 unspecified atom stereocenters. The molecular weight excluding hydrogens is 260 g/mol. The summed E-state index contributed by atoms with van der Waals surface area (Å²) in [6, 6.07) is 9.80. The van der Waals surface area contributed by atoms with E-state index in [1.807, 2.05) is 37.4 Å². The summed E-state index contributed by atoms with van der Waals surface area (Å²) in [6.07, 6.45) is 1.77. The molecule has 19 heavy (non-hydrogen) atoms. The molecule has 96 valence electrons. The van der Waals surface area contributed by atoms with Crippen molar-refractivity contribution in [3.63, 3.8) is 0 Å². The van der Waals surface area contributed by atoms with Crippen molar-refractivity contribution in [3.05, 3.63) is 42.2 Å². The van der Waals surface area contributed by atoms with Gasteiger partial charge in [0.25, 0.3) is 0 Å². The standard InChI is InChI=1S/C13H12N4OS/c1-14-13-12(16-17-19-13)8-18-10-5-4-9-3-2-6-15-11(9)7-10/h2-7,14H,8H2,1H3. The third-order valence-corrected chi connectivity index (χ3v) is 3.52. The molecule has 0 spiro atoms. The lowest BCUT2D eigenvalue weighted by Crippen LogP contribution is -1.99. The Bertz CT molecular complexity index is 698. The van der Waals surface area contributed by atoms with E-state index in [2.05, 4.69) is 19.9 Å². The van der Waals surface area contributed by atoms with Crippen molar-refractivity contribution in [3.8, 4) is 5.75 Å². The number of anilines is 1. The fraction of sp³-hybridized carbons (Fsp3) is 0.154.